The number of aryl methyl sites for hydroxylation is 1. The monoisotopic (exact) mass is 329 g/mol. The van der Waals surface area contributed by atoms with Crippen molar-refractivity contribution < 1.29 is 17.9 Å². The van der Waals surface area contributed by atoms with E-state index in [0.717, 1.165) is 50.0 Å². The molecule has 0 spiro atoms. The van der Waals surface area contributed by atoms with Gasteiger partial charge in [0.2, 0.25) is 0 Å². The van der Waals surface area contributed by atoms with E-state index in [1.807, 2.05) is 4.90 Å². The predicted octanol–water partition coefficient (Wildman–Crippen LogP) is 2.68. The van der Waals surface area contributed by atoms with Gasteiger partial charge in [0.15, 0.2) is 5.96 Å². The molecule has 1 fully saturated rings. The van der Waals surface area contributed by atoms with Crippen LogP contribution in [0.25, 0.3) is 0 Å². The van der Waals surface area contributed by atoms with Gasteiger partial charge in [0.25, 0.3) is 0 Å². The number of hydrogen-bond donors (Lipinski definition) is 1. The Labute approximate surface area is 134 Å². The van der Waals surface area contributed by atoms with Gasteiger partial charge >= 0.3 is 6.18 Å². The van der Waals surface area contributed by atoms with Gasteiger partial charge in [-0.3, -0.25) is 4.99 Å². The number of benzene rings is 1. The summed E-state index contributed by atoms with van der Waals surface area (Å²) in [6.07, 6.45) is -1.81. The smallest absolute Gasteiger partial charge is 0.378 e. The summed E-state index contributed by atoms with van der Waals surface area (Å²) in [6, 6.07) is 5.33. The molecule has 1 heterocycles. The molecule has 2 N–H and O–H groups in total. The molecule has 0 unspecified atom stereocenters. The minimum atomic E-state index is -4.27. The van der Waals surface area contributed by atoms with Crippen LogP contribution in [0.4, 0.5) is 13.2 Å². The molecular weight excluding hydrogens is 307 g/mol. The molecule has 23 heavy (non-hydrogen) atoms. The Morgan fingerprint density at radius 1 is 1.13 bits per heavy atom. The number of halogens is 3. The zero-order valence-electron chi connectivity index (χ0n) is 13.0. The van der Waals surface area contributed by atoms with Crippen LogP contribution in [0.3, 0.4) is 0 Å². The van der Waals surface area contributed by atoms with Crippen LogP contribution in [-0.4, -0.2) is 43.7 Å². The summed E-state index contributed by atoms with van der Waals surface area (Å²) in [7, 11) is 0. The second-order valence-electron chi connectivity index (χ2n) is 5.49. The average Bonchev–Trinajstić information content (AvgIpc) is 2.55. The first kappa shape index (κ1) is 17.6. The van der Waals surface area contributed by atoms with Crippen molar-refractivity contribution in [3.63, 3.8) is 0 Å². The van der Waals surface area contributed by atoms with E-state index in [4.69, 9.17) is 10.5 Å². The van der Waals surface area contributed by atoms with Gasteiger partial charge in [0.05, 0.1) is 18.8 Å². The molecule has 0 radical (unpaired) electrons. The van der Waals surface area contributed by atoms with E-state index >= 15 is 0 Å². The first-order chi connectivity index (χ1) is 11.0. The normalized spacial score (nSPS) is 16.7. The average molecular weight is 329 g/mol. The first-order valence-corrected chi connectivity index (χ1v) is 7.75. The van der Waals surface area contributed by atoms with Gasteiger partial charge < -0.3 is 15.4 Å². The molecule has 0 aromatic heterocycles. The van der Waals surface area contributed by atoms with Crippen LogP contribution in [0.1, 0.15) is 24.0 Å². The minimum absolute atomic E-state index is 0.544. The van der Waals surface area contributed by atoms with E-state index in [1.54, 1.807) is 0 Å². The van der Waals surface area contributed by atoms with E-state index in [9.17, 15) is 13.2 Å². The minimum Gasteiger partial charge on any atom is -0.378 e. The molecule has 4 nitrogen and oxygen atoms in total. The van der Waals surface area contributed by atoms with Gasteiger partial charge in [0.1, 0.15) is 0 Å². The zero-order valence-corrected chi connectivity index (χ0v) is 13.0. The second-order valence-corrected chi connectivity index (χ2v) is 5.49. The summed E-state index contributed by atoms with van der Waals surface area (Å²) in [5.74, 6) is 0.544. The van der Waals surface area contributed by atoms with Gasteiger partial charge in [-0.1, -0.05) is 12.1 Å². The summed E-state index contributed by atoms with van der Waals surface area (Å²) in [4.78, 5) is 6.34. The summed E-state index contributed by atoms with van der Waals surface area (Å²) in [5, 5.41) is 0. The number of ether oxygens (including phenoxy) is 1. The molecule has 2 rings (SSSR count). The lowest BCUT2D eigenvalue weighted by Crippen LogP contribution is -2.44. The lowest BCUT2D eigenvalue weighted by atomic mass is 10.1. The third-order valence-electron chi connectivity index (χ3n) is 3.76. The van der Waals surface area contributed by atoms with E-state index < -0.39 is 11.7 Å². The van der Waals surface area contributed by atoms with E-state index in [-0.39, 0.29) is 0 Å². The summed E-state index contributed by atoms with van der Waals surface area (Å²) < 4.78 is 42.6. The highest BCUT2D eigenvalue weighted by molar-refractivity contribution is 5.78. The van der Waals surface area contributed by atoms with Crippen molar-refractivity contribution in [1.82, 2.24) is 4.90 Å². The van der Waals surface area contributed by atoms with Gasteiger partial charge in [-0.25, -0.2) is 0 Å². The van der Waals surface area contributed by atoms with Gasteiger partial charge in [0, 0.05) is 19.6 Å². The van der Waals surface area contributed by atoms with Gasteiger partial charge in [-0.2, -0.15) is 13.2 Å². The van der Waals surface area contributed by atoms with Crippen molar-refractivity contribution in [3.05, 3.63) is 35.4 Å². The van der Waals surface area contributed by atoms with E-state index in [2.05, 4.69) is 4.99 Å². The topological polar surface area (TPSA) is 50.8 Å². The molecule has 0 bridgehead atoms. The molecule has 128 valence electrons. The van der Waals surface area contributed by atoms with E-state index in [0.29, 0.717) is 25.7 Å². The van der Waals surface area contributed by atoms with Crippen LogP contribution >= 0.6 is 0 Å². The van der Waals surface area contributed by atoms with Crippen molar-refractivity contribution in [2.75, 3.05) is 32.8 Å². The van der Waals surface area contributed by atoms with Crippen LogP contribution in [0, 0.1) is 0 Å². The molecule has 0 atom stereocenters. The maximum atomic E-state index is 12.5. The highest BCUT2D eigenvalue weighted by Gasteiger charge is 2.29. The molecule has 1 aliphatic rings. The lowest BCUT2D eigenvalue weighted by molar-refractivity contribution is -0.137. The fraction of sp³-hybridized carbons (Fsp3) is 0.562. The molecule has 0 saturated carbocycles. The Hall–Kier alpha value is -1.76. The largest absolute Gasteiger partial charge is 0.416 e. The summed E-state index contributed by atoms with van der Waals surface area (Å²) in [6.45, 7) is 3.50. The number of aliphatic imine (C=N–C) groups is 1. The maximum absolute atomic E-state index is 12.5. The van der Waals surface area contributed by atoms with E-state index in [1.165, 1.54) is 12.1 Å². The van der Waals surface area contributed by atoms with Gasteiger partial charge in [-0.05, 0) is 37.0 Å². The lowest BCUT2D eigenvalue weighted by Gasteiger charge is -2.27. The number of rotatable bonds is 5. The highest BCUT2D eigenvalue weighted by atomic mass is 19.4. The number of morpholine rings is 1. The summed E-state index contributed by atoms with van der Waals surface area (Å²) >= 11 is 0. The second kappa shape index (κ2) is 8.19. The standard InChI is InChI=1S/C16H22F3N3O/c17-16(18,19)14-6-4-13(5-7-14)3-1-2-8-21-15(20)22-9-11-23-12-10-22/h4-7H,1-3,8-12H2,(H2,20,21). The summed E-state index contributed by atoms with van der Waals surface area (Å²) in [5.41, 5.74) is 6.21. The van der Waals surface area contributed by atoms with Crippen molar-refractivity contribution in [2.24, 2.45) is 10.7 Å². The Bertz CT molecular complexity index is 508. The van der Waals surface area contributed by atoms with Crippen LogP contribution < -0.4 is 5.73 Å². The molecule has 1 saturated heterocycles. The Kier molecular flexibility index (Phi) is 6.27. The fourth-order valence-electron chi connectivity index (χ4n) is 2.39. The van der Waals surface area contributed by atoms with Crippen LogP contribution in [-0.2, 0) is 17.3 Å². The fourth-order valence-corrected chi connectivity index (χ4v) is 2.39. The van der Waals surface area contributed by atoms with Gasteiger partial charge in [-0.15, -0.1) is 0 Å². The predicted molar refractivity (Wildman–Crippen MR) is 83.3 cm³/mol. The van der Waals surface area contributed by atoms with Crippen LogP contribution in [0.2, 0.25) is 0 Å². The van der Waals surface area contributed by atoms with Crippen molar-refractivity contribution in [2.45, 2.75) is 25.4 Å². The number of nitrogens with zero attached hydrogens (tertiary/aromatic N) is 2. The number of nitrogens with two attached hydrogens (primary N) is 1. The first-order valence-electron chi connectivity index (χ1n) is 7.75. The quantitative estimate of drug-likeness (QED) is 0.513. The van der Waals surface area contributed by atoms with Crippen molar-refractivity contribution in [1.29, 1.82) is 0 Å². The maximum Gasteiger partial charge on any atom is 0.416 e. The van der Waals surface area contributed by atoms with Crippen LogP contribution in [0.5, 0.6) is 0 Å². The Balaban J connectivity index is 1.69. The van der Waals surface area contributed by atoms with Crippen molar-refractivity contribution >= 4 is 5.96 Å². The third kappa shape index (κ3) is 5.74. The zero-order chi connectivity index (χ0) is 16.7. The molecular formula is C16H22F3N3O. The Morgan fingerprint density at radius 2 is 1.78 bits per heavy atom. The number of guanidine groups is 1. The Morgan fingerprint density at radius 3 is 2.39 bits per heavy atom. The number of unbranched alkanes of at least 4 members (excludes halogenated alkanes) is 1. The SMILES string of the molecule is NC(=NCCCCc1ccc(C(F)(F)F)cc1)N1CCOCC1. The molecule has 7 heteroatoms. The molecule has 1 aromatic carbocycles. The molecule has 0 aliphatic carbocycles. The third-order valence-corrected chi connectivity index (χ3v) is 3.76. The van der Waals surface area contributed by atoms with Crippen molar-refractivity contribution in [3.8, 4) is 0 Å². The number of alkyl halides is 3. The molecule has 1 aromatic rings. The molecule has 0 amide bonds. The number of hydrogen-bond acceptors (Lipinski definition) is 2. The highest BCUT2D eigenvalue weighted by Crippen LogP contribution is 2.29. The van der Waals surface area contributed by atoms with Crippen LogP contribution in [0.15, 0.2) is 29.3 Å². The molecule has 1 aliphatic heterocycles.